The van der Waals surface area contributed by atoms with Gasteiger partial charge in [-0.3, -0.25) is 0 Å². The first-order chi connectivity index (χ1) is 11.1. The highest BCUT2D eigenvalue weighted by atomic mass is 15.1. The molecule has 1 aliphatic heterocycles. The molecule has 0 radical (unpaired) electrons. The molecule has 1 atom stereocenters. The van der Waals surface area contributed by atoms with Crippen molar-refractivity contribution in [1.82, 2.24) is 4.57 Å². The molecular formula is C20H21N3. The Morgan fingerprint density at radius 2 is 1.78 bits per heavy atom. The van der Waals surface area contributed by atoms with Crippen molar-refractivity contribution in [2.24, 2.45) is 0 Å². The highest BCUT2D eigenvalue weighted by Crippen LogP contribution is 2.37. The molecule has 0 spiro atoms. The van der Waals surface area contributed by atoms with Gasteiger partial charge in [0.25, 0.3) is 0 Å². The maximum atomic E-state index is 3.71. The topological polar surface area (TPSA) is 20.2 Å². The summed E-state index contributed by atoms with van der Waals surface area (Å²) in [6, 6.07) is 19.8. The molecule has 2 aromatic carbocycles. The minimum Gasteiger partial charge on any atom is -0.378 e. The first kappa shape index (κ1) is 13.9. The van der Waals surface area contributed by atoms with Crippen LogP contribution in [0.5, 0.6) is 0 Å². The molecule has 3 aromatic rings. The van der Waals surface area contributed by atoms with Crippen LogP contribution in [0.4, 0.5) is 11.4 Å². The van der Waals surface area contributed by atoms with E-state index in [-0.39, 0.29) is 6.04 Å². The molecule has 0 bridgehead atoms. The smallest absolute Gasteiger partial charge is 0.0924 e. The third-order valence-electron chi connectivity index (χ3n) is 4.53. The molecule has 0 saturated carbocycles. The molecule has 3 nitrogen and oxygen atoms in total. The van der Waals surface area contributed by atoms with Gasteiger partial charge in [-0.15, -0.1) is 0 Å². The van der Waals surface area contributed by atoms with Gasteiger partial charge in [-0.05, 0) is 54.4 Å². The lowest BCUT2D eigenvalue weighted by Gasteiger charge is -2.30. The summed E-state index contributed by atoms with van der Waals surface area (Å²) >= 11 is 0. The molecule has 23 heavy (non-hydrogen) atoms. The van der Waals surface area contributed by atoms with Crippen LogP contribution in [0.15, 0.2) is 60.8 Å². The zero-order chi connectivity index (χ0) is 16.0. The van der Waals surface area contributed by atoms with E-state index in [4.69, 9.17) is 0 Å². The zero-order valence-electron chi connectivity index (χ0n) is 13.7. The van der Waals surface area contributed by atoms with Crippen LogP contribution in [0.3, 0.4) is 0 Å². The molecule has 3 heteroatoms. The van der Waals surface area contributed by atoms with Gasteiger partial charge in [0.15, 0.2) is 0 Å². The second-order valence-electron chi connectivity index (χ2n) is 6.39. The number of nitrogens with zero attached hydrogens (tertiary/aromatic N) is 2. The third kappa shape index (κ3) is 2.29. The predicted molar refractivity (Wildman–Crippen MR) is 96.7 cm³/mol. The maximum absolute atomic E-state index is 3.71. The Hall–Kier alpha value is -2.68. The number of hydrogen-bond donors (Lipinski definition) is 1. The number of fused-ring (bicyclic) bond motifs is 3. The van der Waals surface area contributed by atoms with Gasteiger partial charge in [0.05, 0.1) is 17.4 Å². The molecular weight excluding hydrogens is 282 g/mol. The fourth-order valence-electron chi connectivity index (χ4n) is 3.27. The van der Waals surface area contributed by atoms with E-state index in [0.29, 0.717) is 0 Å². The van der Waals surface area contributed by atoms with E-state index in [0.717, 1.165) is 0 Å². The molecule has 0 saturated heterocycles. The molecule has 1 aliphatic rings. The van der Waals surface area contributed by atoms with Gasteiger partial charge in [-0.2, -0.15) is 0 Å². The SMILES string of the molecule is Cc1ccc2c(c1)NC(c1ccc(N(C)C)cc1)c1cccn1-2. The molecule has 0 aliphatic carbocycles. The van der Waals surface area contributed by atoms with Gasteiger partial charge < -0.3 is 14.8 Å². The van der Waals surface area contributed by atoms with Crippen LogP contribution in [0.1, 0.15) is 22.9 Å². The maximum Gasteiger partial charge on any atom is 0.0924 e. The Labute approximate surface area is 137 Å². The Balaban J connectivity index is 1.79. The normalized spacial score (nSPS) is 15.5. The summed E-state index contributed by atoms with van der Waals surface area (Å²) in [5, 5.41) is 3.71. The molecule has 4 rings (SSSR count). The lowest BCUT2D eigenvalue weighted by molar-refractivity contribution is 0.809. The largest absolute Gasteiger partial charge is 0.378 e. The van der Waals surface area contributed by atoms with Crippen LogP contribution in [0.25, 0.3) is 5.69 Å². The first-order valence-electron chi connectivity index (χ1n) is 7.95. The van der Waals surface area contributed by atoms with E-state index in [2.05, 4.69) is 96.6 Å². The number of aryl methyl sites for hydroxylation is 1. The molecule has 1 N–H and O–H groups in total. The van der Waals surface area contributed by atoms with Crippen LogP contribution in [0.2, 0.25) is 0 Å². The average molecular weight is 303 g/mol. The van der Waals surface area contributed by atoms with Crippen molar-refractivity contribution < 1.29 is 0 Å². The van der Waals surface area contributed by atoms with Crippen LogP contribution in [-0.2, 0) is 0 Å². The van der Waals surface area contributed by atoms with Crippen molar-refractivity contribution in [3.05, 3.63) is 77.6 Å². The van der Waals surface area contributed by atoms with Gasteiger partial charge in [0.1, 0.15) is 0 Å². The Kier molecular flexibility index (Phi) is 3.15. The Morgan fingerprint density at radius 3 is 2.52 bits per heavy atom. The van der Waals surface area contributed by atoms with Gasteiger partial charge in [0.2, 0.25) is 0 Å². The van der Waals surface area contributed by atoms with Gasteiger partial charge in [0, 0.05) is 31.7 Å². The van der Waals surface area contributed by atoms with Crippen molar-refractivity contribution in [2.45, 2.75) is 13.0 Å². The number of anilines is 2. The molecule has 1 aromatic heterocycles. The highest BCUT2D eigenvalue weighted by molar-refractivity contribution is 5.68. The number of nitrogens with one attached hydrogen (secondary N) is 1. The number of aromatic nitrogens is 1. The van der Waals surface area contributed by atoms with E-state index < -0.39 is 0 Å². The second-order valence-corrected chi connectivity index (χ2v) is 6.39. The van der Waals surface area contributed by atoms with Crippen molar-refractivity contribution >= 4 is 11.4 Å². The summed E-state index contributed by atoms with van der Waals surface area (Å²) in [5.74, 6) is 0. The minimum absolute atomic E-state index is 0.176. The lowest BCUT2D eigenvalue weighted by Crippen LogP contribution is -2.22. The minimum atomic E-state index is 0.176. The van der Waals surface area contributed by atoms with Crippen molar-refractivity contribution in [1.29, 1.82) is 0 Å². The zero-order valence-corrected chi connectivity index (χ0v) is 13.7. The van der Waals surface area contributed by atoms with Crippen LogP contribution >= 0.6 is 0 Å². The number of benzene rings is 2. The van der Waals surface area contributed by atoms with E-state index in [1.807, 2.05) is 0 Å². The van der Waals surface area contributed by atoms with Crippen molar-refractivity contribution in [3.63, 3.8) is 0 Å². The molecule has 2 heterocycles. The van der Waals surface area contributed by atoms with Crippen LogP contribution < -0.4 is 10.2 Å². The van der Waals surface area contributed by atoms with E-state index >= 15 is 0 Å². The van der Waals surface area contributed by atoms with E-state index in [1.165, 1.54) is 33.9 Å². The summed E-state index contributed by atoms with van der Waals surface area (Å²) in [6.45, 7) is 2.13. The third-order valence-corrected chi connectivity index (χ3v) is 4.53. The summed E-state index contributed by atoms with van der Waals surface area (Å²) in [7, 11) is 4.14. The Bertz CT molecular complexity index is 844. The molecule has 116 valence electrons. The first-order valence-corrected chi connectivity index (χ1v) is 7.95. The van der Waals surface area contributed by atoms with Gasteiger partial charge in [-0.1, -0.05) is 18.2 Å². The number of hydrogen-bond acceptors (Lipinski definition) is 2. The predicted octanol–water partition coefficient (Wildman–Crippen LogP) is 4.37. The average Bonchev–Trinajstić information content (AvgIpc) is 3.03. The Morgan fingerprint density at radius 1 is 1.00 bits per heavy atom. The molecule has 0 amide bonds. The quantitative estimate of drug-likeness (QED) is 0.759. The van der Waals surface area contributed by atoms with Crippen molar-refractivity contribution in [2.75, 3.05) is 24.3 Å². The second kappa shape index (κ2) is 5.20. The van der Waals surface area contributed by atoms with Crippen molar-refractivity contribution in [3.8, 4) is 5.69 Å². The molecule has 1 unspecified atom stereocenters. The fraction of sp³-hybridized carbons (Fsp3) is 0.200. The number of rotatable bonds is 2. The standard InChI is InChI=1S/C20H21N3/c1-14-6-11-18-17(13-14)21-20(19-5-4-12-23(18)19)15-7-9-16(10-8-15)22(2)3/h4-13,20-21H,1-3H3. The monoisotopic (exact) mass is 303 g/mol. The summed E-state index contributed by atoms with van der Waals surface area (Å²) < 4.78 is 2.29. The van der Waals surface area contributed by atoms with E-state index in [9.17, 15) is 0 Å². The summed E-state index contributed by atoms with van der Waals surface area (Å²) in [5.41, 5.74) is 7.46. The van der Waals surface area contributed by atoms with Gasteiger partial charge >= 0.3 is 0 Å². The molecule has 0 fully saturated rings. The lowest BCUT2D eigenvalue weighted by atomic mass is 9.99. The fourth-order valence-corrected chi connectivity index (χ4v) is 3.27. The highest BCUT2D eigenvalue weighted by Gasteiger charge is 2.24. The van der Waals surface area contributed by atoms with E-state index in [1.54, 1.807) is 0 Å². The van der Waals surface area contributed by atoms with Crippen LogP contribution in [0, 0.1) is 6.92 Å². The van der Waals surface area contributed by atoms with Crippen LogP contribution in [-0.4, -0.2) is 18.7 Å². The summed E-state index contributed by atoms with van der Waals surface area (Å²) in [4.78, 5) is 2.12. The summed E-state index contributed by atoms with van der Waals surface area (Å²) in [6.07, 6.45) is 2.14. The van der Waals surface area contributed by atoms with Gasteiger partial charge in [-0.25, -0.2) is 0 Å².